The first-order chi connectivity index (χ1) is 10.3. The first-order valence-electron chi connectivity index (χ1n) is 7.12. The SMILES string of the molecule is COc1ccc(S(=O)(=O)CC(=O)N2C[C@@H](C)O[C@@H](C)C2)cc1. The van der Waals surface area contributed by atoms with Gasteiger partial charge < -0.3 is 14.4 Å². The summed E-state index contributed by atoms with van der Waals surface area (Å²) in [5.41, 5.74) is 0. The Morgan fingerprint density at radius 3 is 2.27 bits per heavy atom. The molecule has 0 aliphatic carbocycles. The topological polar surface area (TPSA) is 72.9 Å². The number of carbonyl (C=O) groups is 1. The van der Waals surface area contributed by atoms with E-state index in [-0.39, 0.29) is 17.1 Å². The molecule has 7 heteroatoms. The molecular weight excluding hydrogens is 306 g/mol. The number of rotatable bonds is 4. The van der Waals surface area contributed by atoms with Gasteiger partial charge in [-0.25, -0.2) is 8.42 Å². The molecule has 1 heterocycles. The first-order valence-corrected chi connectivity index (χ1v) is 8.77. The molecule has 6 nitrogen and oxygen atoms in total. The van der Waals surface area contributed by atoms with Crippen LogP contribution in [0.15, 0.2) is 29.2 Å². The maximum Gasteiger partial charge on any atom is 0.238 e. The van der Waals surface area contributed by atoms with E-state index in [0.29, 0.717) is 18.8 Å². The number of ether oxygens (including phenoxy) is 2. The summed E-state index contributed by atoms with van der Waals surface area (Å²) in [4.78, 5) is 13.9. The lowest BCUT2D eigenvalue weighted by atomic mass is 10.2. The van der Waals surface area contributed by atoms with Gasteiger partial charge in [0, 0.05) is 13.1 Å². The molecule has 122 valence electrons. The number of amides is 1. The fraction of sp³-hybridized carbons (Fsp3) is 0.533. The van der Waals surface area contributed by atoms with Gasteiger partial charge in [0.15, 0.2) is 9.84 Å². The normalized spacial score (nSPS) is 22.4. The van der Waals surface area contributed by atoms with Gasteiger partial charge >= 0.3 is 0 Å². The highest BCUT2D eigenvalue weighted by Crippen LogP contribution is 2.18. The van der Waals surface area contributed by atoms with Crippen LogP contribution in [0.2, 0.25) is 0 Å². The van der Waals surface area contributed by atoms with Crippen molar-refractivity contribution in [3.8, 4) is 5.75 Å². The van der Waals surface area contributed by atoms with E-state index < -0.39 is 21.5 Å². The van der Waals surface area contributed by atoms with Crippen LogP contribution < -0.4 is 4.74 Å². The lowest BCUT2D eigenvalue weighted by molar-refractivity contribution is -0.140. The predicted octanol–water partition coefficient (Wildman–Crippen LogP) is 1.10. The van der Waals surface area contributed by atoms with Crippen LogP contribution in [0.3, 0.4) is 0 Å². The summed E-state index contributed by atoms with van der Waals surface area (Å²) in [7, 11) is -2.15. The number of benzene rings is 1. The molecule has 22 heavy (non-hydrogen) atoms. The summed E-state index contributed by atoms with van der Waals surface area (Å²) in [5, 5.41) is 0. The molecule has 0 unspecified atom stereocenters. The van der Waals surface area contributed by atoms with Crippen molar-refractivity contribution >= 4 is 15.7 Å². The number of morpholine rings is 1. The van der Waals surface area contributed by atoms with Crippen LogP contribution in [0, 0.1) is 0 Å². The summed E-state index contributed by atoms with van der Waals surface area (Å²) in [6.45, 7) is 4.57. The van der Waals surface area contributed by atoms with E-state index in [1.807, 2.05) is 13.8 Å². The minimum absolute atomic E-state index is 0.0867. The van der Waals surface area contributed by atoms with Crippen molar-refractivity contribution in [2.45, 2.75) is 31.0 Å². The van der Waals surface area contributed by atoms with Crippen molar-refractivity contribution in [1.82, 2.24) is 4.90 Å². The maximum absolute atomic E-state index is 12.3. The van der Waals surface area contributed by atoms with Gasteiger partial charge in [-0.15, -0.1) is 0 Å². The van der Waals surface area contributed by atoms with E-state index >= 15 is 0 Å². The Morgan fingerprint density at radius 1 is 1.23 bits per heavy atom. The van der Waals surface area contributed by atoms with E-state index in [0.717, 1.165) is 0 Å². The summed E-state index contributed by atoms with van der Waals surface area (Å²) >= 11 is 0. The van der Waals surface area contributed by atoms with Crippen molar-refractivity contribution in [3.05, 3.63) is 24.3 Å². The van der Waals surface area contributed by atoms with Gasteiger partial charge in [-0.1, -0.05) is 0 Å². The quantitative estimate of drug-likeness (QED) is 0.828. The van der Waals surface area contributed by atoms with E-state index in [1.165, 1.54) is 19.2 Å². The van der Waals surface area contributed by atoms with E-state index in [4.69, 9.17) is 9.47 Å². The van der Waals surface area contributed by atoms with Gasteiger partial charge in [-0.3, -0.25) is 4.79 Å². The molecule has 0 radical (unpaired) electrons. The third-order valence-corrected chi connectivity index (χ3v) is 5.12. The number of hydrogen-bond donors (Lipinski definition) is 0. The standard InChI is InChI=1S/C15H21NO5S/c1-11-8-16(9-12(2)21-11)15(17)10-22(18,19)14-6-4-13(20-3)5-7-14/h4-7,11-12H,8-10H2,1-3H3/t11-,12+. The average Bonchev–Trinajstić information content (AvgIpc) is 2.46. The zero-order chi connectivity index (χ0) is 16.3. The Bertz CT molecular complexity index is 616. The number of hydrogen-bond acceptors (Lipinski definition) is 5. The van der Waals surface area contributed by atoms with Crippen LogP contribution in [-0.2, 0) is 19.4 Å². The largest absolute Gasteiger partial charge is 0.497 e. The highest BCUT2D eigenvalue weighted by atomic mass is 32.2. The van der Waals surface area contributed by atoms with Crippen molar-refractivity contribution in [1.29, 1.82) is 0 Å². The van der Waals surface area contributed by atoms with E-state index in [1.54, 1.807) is 17.0 Å². The van der Waals surface area contributed by atoms with E-state index in [9.17, 15) is 13.2 Å². The van der Waals surface area contributed by atoms with Crippen LogP contribution >= 0.6 is 0 Å². The Balaban J connectivity index is 2.08. The molecule has 0 saturated carbocycles. The average molecular weight is 327 g/mol. The van der Waals surface area contributed by atoms with Crippen molar-refractivity contribution in [2.75, 3.05) is 26.0 Å². The number of methoxy groups -OCH3 is 1. The molecule has 1 aromatic rings. The first kappa shape index (κ1) is 16.8. The monoisotopic (exact) mass is 327 g/mol. The molecule has 0 bridgehead atoms. The smallest absolute Gasteiger partial charge is 0.238 e. The zero-order valence-electron chi connectivity index (χ0n) is 13.0. The summed E-state index contributed by atoms with van der Waals surface area (Å²) in [6.07, 6.45) is -0.173. The van der Waals surface area contributed by atoms with Gasteiger partial charge in [0.05, 0.1) is 24.2 Å². The van der Waals surface area contributed by atoms with Gasteiger partial charge in [-0.2, -0.15) is 0 Å². The van der Waals surface area contributed by atoms with Gasteiger partial charge in [0.2, 0.25) is 5.91 Å². The third-order valence-electron chi connectivity index (χ3n) is 3.50. The zero-order valence-corrected chi connectivity index (χ0v) is 13.8. The van der Waals surface area contributed by atoms with Crippen LogP contribution in [0.5, 0.6) is 5.75 Å². The third kappa shape index (κ3) is 3.98. The molecular formula is C15H21NO5S. The molecule has 1 amide bonds. The van der Waals surface area contributed by atoms with E-state index in [2.05, 4.69) is 0 Å². The second-order valence-electron chi connectivity index (χ2n) is 5.49. The Hall–Kier alpha value is -1.60. The van der Waals surface area contributed by atoms with Gasteiger partial charge in [0.1, 0.15) is 11.5 Å². The summed E-state index contributed by atoms with van der Waals surface area (Å²) < 4.78 is 35.2. The molecule has 1 aliphatic rings. The highest BCUT2D eigenvalue weighted by Gasteiger charge is 2.29. The molecule has 1 saturated heterocycles. The molecule has 2 rings (SSSR count). The van der Waals surface area contributed by atoms with Crippen molar-refractivity contribution in [3.63, 3.8) is 0 Å². The van der Waals surface area contributed by atoms with Crippen LogP contribution in [0.4, 0.5) is 0 Å². The fourth-order valence-electron chi connectivity index (χ4n) is 2.50. The van der Waals surface area contributed by atoms with Crippen LogP contribution in [0.25, 0.3) is 0 Å². The van der Waals surface area contributed by atoms with Gasteiger partial charge in [0.25, 0.3) is 0 Å². The van der Waals surface area contributed by atoms with Crippen molar-refractivity contribution in [2.24, 2.45) is 0 Å². The molecule has 0 N–H and O–H groups in total. The lowest BCUT2D eigenvalue weighted by Gasteiger charge is -2.35. The minimum Gasteiger partial charge on any atom is -0.497 e. The Morgan fingerprint density at radius 2 is 1.77 bits per heavy atom. The Labute approximate surface area is 130 Å². The predicted molar refractivity (Wildman–Crippen MR) is 81.6 cm³/mol. The second kappa shape index (κ2) is 6.66. The second-order valence-corrected chi connectivity index (χ2v) is 7.48. The maximum atomic E-state index is 12.3. The molecule has 1 aromatic carbocycles. The molecule has 1 fully saturated rings. The summed E-state index contributed by atoms with van der Waals surface area (Å²) in [6, 6.07) is 6.03. The Kier molecular flexibility index (Phi) is 5.08. The fourth-order valence-corrected chi connectivity index (χ4v) is 3.73. The lowest BCUT2D eigenvalue weighted by Crippen LogP contribution is -2.49. The van der Waals surface area contributed by atoms with Crippen LogP contribution in [-0.4, -0.2) is 57.4 Å². The van der Waals surface area contributed by atoms with Crippen molar-refractivity contribution < 1.29 is 22.7 Å². The molecule has 1 aliphatic heterocycles. The van der Waals surface area contributed by atoms with Crippen LogP contribution in [0.1, 0.15) is 13.8 Å². The highest BCUT2D eigenvalue weighted by molar-refractivity contribution is 7.92. The summed E-state index contributed by atoms with van der Waals surface area (Å²) in [5.74, 6) is -0.349. The molecule has 0 aromatic heterocycles. The molecule has 2 atom stereocenters. The number of sulfone groups is 1. The molecule has 0 spiro atoms. The number of nitrogens with zero attached hydrogens (tertiary/aromatic N) is 1. The van der Waals surface area contributed by atoms with Gasteiger partial charge in [-0.05, 0) is 38.1 Å². The minimum atomic E-state index is -3.66. The number of carbonyl (C=O) groups excluding carboxylic acids is 1.